The van der Waals surface area contributed by atoms with Crippen LogP contribution in [0.2, 0.25) is 0 Å². The summed E-state index contributed by atoms with van der Waals surface area (Å²) in [5, 5.41) is 0. The van der Waals surface area contributed by atoms with E-state index in [-0.39, 0.29) is 18.4 Å². The fraction of sp³-hybridized carbons (Fsp3) is 0.500. The van der Waals surface area contributed by atoms with Gasteiger partial charge >= 0.3 is 0 Å². The fourth-order valence-corrected chi connectivity index (χ4v) is 2.38. The summed E-state index contributed by atoms with van der Waals surface area (Å²) in [7, 11) is 0. The minimum atomic E-state index is -0.398. The van der Waals surface area contributed by atoms with E-state index in [4.69, 9.17) is 5.73 Å². The first-order chi connectivity index (χ1) is 9.45. The average Bonchev–Trinajstić information content (AvgIpc) is 2.39. The van der Waals surface area contributed by atoms with Crippen molar-refractivity contribution in [2.24, 2.45) is 11.7 Å². The molecule has 0 saturated heterocycles. The number of ketones is 1. The van der Waals surface area contributed by atoms with Crippen LogP contribution < -0.4 is 5.73 Å². The molecule has 1 unspecified atom stereocenters. The molecule has 4 nitrogen and oxygen atoms in total. The lowest BCUT2D eigenvalue weighted by molar-refractivity contribution is -0.119. The molecule has 1 aromatic carbocycles. The fourth-order valence-electron chi connectivity index (χ4n) is 2.38. The Labute approximate surface area is 121 Å². The molecule has 1 amide bonds. The van der Waals surface area contributed by atoms with Gasteiger partial charge in [0.2, 0.25) is 5.91 Å². The number of hydrogen-bond acceptors (Lipinski definition) is 3. The number of Topliss-reactive ketones (excluding diaryl/α,β-unsaturated/α-hetero) is 1. The minimum absolute atomic E-state index is 0.0509. The van der Waals surface area contributed by atoms with Gasteiger partial charge in [0.1, 0.15) is 0 Å². The Bertz CT molecular complexity index is 443. The van der Waals surface area contributed by atoms with Crippen molar-refractivity contribution in [2.75, 3.05) is 13.1 Å². The van der Waals surface area contributed by atoms with Crippen LogP contribution in [-0.4, -0.2) is 35.7 Å². The van der Waals surface area contributed by atoms with E-state index in [9.17, 15) is 9.59 Å². The lowest BCUT2D eigenvalue weighted by Gasteiger charge is -2.30. The Hall–Kier alpha value is -1.68. The Morgan fingerprint density at radius 1 is 1.20 bits per heavy atom. The summed E-state index contributed by atoms with van der Waals surface area (Å²) >= 11 is 0. The molecule has 0 heterocycles. The number of nitrogens with zero attached hydrogens (tertiary/aromatic N) is 1. The lowest BCUT2D eigenvalue weighted by atomic mass is 9.99. The van der Waals surface area contributed by atoms with Gasteiger partial charge in [-0.05, 0) is 12.3 Å². The van der Waals surface area contributed by atoms with E-state index in [0.29, 0.717) is 24.4 Å². The zero-order valence-electron chi connectivity index (χ0n) is 12.5. The molecule has 0 aliphatic heterocycles. The van der Waals surface area contributed by atoms with Crippen molar-refractivity contribution < 1.29 is 9.59 Å². The number of hydrogen-bond donors (Lipinski definition) is 1. The van der Waals surface area contributed by atoms with Crippen LogP contribution in [-0.2, 0) is 4.79 Å². The summed E-state index contributed by atoms with van der Waals surface area (Å²) in [5.74, 6) is 0.0203. The third-order valence-corrected chi connectivity index (χ3v) is 3.15. The zero-order valence-corrected chi connectivity index (χ0v) is 12.5. The molecule has 0 aliphatic rings. The molecule has 0 aromatic heterocycles. The Kier molecular flexibility index (Phi) is 6.39. The van der Waals surface area contributed by atoms with Gasteiger partial charge in [-0.1, -0.05) is 51.1 Å². The maximum absolute atomic E-state index is 12.6. The van der Waals surface area contributed by atoms with Crippen molar-refractivity contribution in [3.8, 4) is 0 Å². The highest BCUT2D eigenvalue weighted by Gasteiger charge is 2.26. The van der Waals surface area contributed by atoms with Crippen LogP contribution in [0.15, 0.2) is 30.3 Å². The van der Waals surface area contributed by atoms with Crippen molar-refractivity contribution in [3.63, 3.8) is 0 Å². The number of rotatable bonds is 8. The summed E-state index contributed by atoms with van der Waals surface area (Å²) in [6, 6.07) is 8.90. The lowest BCUT2D eigenvalue weighted by Crippen LogP contribution is -2.46. The molecule has 0 saturated carbocycles. The van der Waals surface area contributed by atoms with Gasteiger partial charge in [-0.15, -0.1) is 0 Å². The van der Waals surface area contributed by atoms with E-state index >= 15 is 0 Å². The van der Waals surface area contributed by atoms with Gasteiger partial charge in [0.15, 0.2) is 5.78 Å². The van der Waals surface area contributed by atoms with Gasteiger partial charge in [-0.3, -0.25) is 14.5 Å². The van der Waals surface area contributed by atoms with Crippen molar-refractivity contribution in [3.05, 3.63) is 35.9 Å². The number of amides is 1. The van der Waals surface area contributed by atoms with E-state index in [1.54, 1.807) is 0 Å². The molecule has 0 spiro atoms. The highest BCUT2D eigenvalue weighted by molar-refractivity contribution is 6.00. The molecular formula is C16H24N2O2. The first-order valence-electron chi connectivity index (χ1n) is 7.07. The quantitative estimate of drug-likeness (QED) is 0.739. The van der Waals surface area contributed by atoms with Crippen molar-refractivity contribution in [1.82, 2.24) is 4.90 Å². The Morgan fingerprint density at radius 3 is 2.25 bits per heavy atom. The molecule has 0 radical (unpaired) electrons. The predicted molar refractivity (Wildman–Crippen MR) is 80.5 cm³/mol. The highest BCUT2D eigenvalue weighted by Crippen LogP contribution is 2.14. The van der Waals surface area contributed by atoms with Crippen LogP contribution in [0.3, 0.4) is 0 Å². The molecule has 110 valence electrons. The van der Waals surface area contributed by atoms with Crippen LogP contribution in [0.5, 0.6) is 0 Å². The largest absolute Gasteiger partial charge is 0.369 e. The van der Waals surface area contributed by atoms with E-state index in [0.717, 1.165) is 0 Å². The highest BCUT2D eigenvalue weighted by atomic mass is 16.1. The Morgan fingerprint density at radius 2 is 1.80 bits per heavy atom. The zero-order chi connectivity index (χ0) is 15.1. The molecular weight excluding hydrogens is 252 g/mol. The second kappa shape index (κ2) is 7.80. The van der Waals surface area contributed by atoms with Crippen LogP contribution in [0.1, 0.15) is 37.6 Å². The smallest absolute Gasteiger partial charge is 0.231 e. The molecule has 1 rings (SSSR count). The molecule has 1 aromatic rings. The van der Waals surface area contributed by atoms with E-state index in [1.807, 2.05) is 42.2 Å². The summed E-state index contributed by atoms with van der Waals surface area (Å²) < 4.78 is 0. The second-order valence-corrected chi connectivity index (χ2v) is 5.44. The van der Waals surface area contributed by atoms with Gasteiger partial charge < -0.3 is 5.73 Å². The number of nitrogens with two attached hydrogens (primary N) is 1. The van der Waals surface area contributed by atoms with Crippen molar-refractivity contribution in [1.29, 1.82) is 0 Å². The number of primary amides is 1. The molecule has 0 fully saturated rings. The summed E-state index contributed by atoms with van der Waals surface area (Å²) in [6.07, 6.45) is 0.660. The average molecular weight is 276 g/mol. The Balaban J connectivity index is 2.94. The third-order valence-electron chi connectivity index (χ3n) is 3.15. The van der Waals surface area contributed by atoms with Crippen LogP contribution in [0.25, 0.3) is 0 Å². The van der Waals surface area contributed by atoms with Crippen LogP contribution in [0.4, 0.5) is 0 Å². The van der Waals surface area contributed by atoms with Crippen LogP contribution >= 0.6 is 0 Å². The molecule has 1 atom stereocenters. The summed E-state index contributed by atoms with van der Waals surface area (Å²) in [5.41, 5.74) is 5.99. The topological polar surface area (TPSA) is 63.4 Å². The number of carbonyl (C=O) groups is 2. The van der Waals surface area contributed by atoms with E-state index in [1.165, 1.54) is 0 Å². The van der Waals surface area contributed by atoms with E-state index in [2.05, 4.69) is 13.8 Å². The summed E-state index contributed by atoms with van der Waals surface area (Å²) in [6.45, 7) is 6.89. The second-order valence-electron chi connectivity index (χ2n) is 5.44. The predicted octanol–water partition coefficient (Wildman–Crippen LogP) is 2.09. The first kappa shape index (κ1) is 16.4. The molecule has 20 heavy (non-hydrogen) atoms. The van der Waals surface area contributed by atoms with Gasteiger partial charge in [0, 0.05) is 12.1 Å². The van der Waals surface area contributed by atoms with Gasteiger partial charge in [-0.25, -0.2) is 0 Å². The van der Waals surface area contributed by atoms with E-state index < -0.39 is 5.91 Å². The van der Waals surface area contributed by atoms with Gasteiger partial charge in [0.05, 0.1) is 12.6 Å². The van der Waals surface area contributed by atoms with Crippen molar-refractivity contribution in [2.45, 2.75) is 33.2 Å². The SMILES string of the molecule is CCC(C(=O)c1ccccc1)N(CC(N)=O)CC(C)C. The molecule has 2 N–H and O–H groups in total. The third kappa shape index (κ3) is 4.78. The molecule has 0 bridgehead atoms. The number of benzene rings is 1. The maximum Gasteiger partial charge on any atom is 0.231 e. The molecule has 0 aliphatic carbocycles. The number of carbonyl (C=O) groups excluding carboxylic acids is 2. The monoisotopic (exact) mass is 276 g/mol. The van der Waals surface area contributed by atoms with Gasteiger partial charge in [-0.2, -0.15) is 0 Å². The molecule has 4 heteroatoms. The van der Waals surface area contributed by atoms with Crippen molar-refractivity contribution >= 4 is 11.7 Å². The first-order valence-corrected chi connectivity index (χ1v) is 7.07. The minimum Gasteiger partial charge on any atom is -0.369 e. The maximum atomic E-state index is 12.6. The summed E-state index contributed by atoms with van der Waals surface area (Å²) in [4.78, 5) is 25.7. The standard InChI is InChI=1S/C16H24N2O2/c1-4-14(16(20)13-8-6-5-7-9-13)18(10-12(2)3)11-15(17)19/h5-9,12,14H,4,10-11H2,1-3H3,(H2,17,19). The van der Waals surface area contributed by atoms with Crippen LogP contribution in [0, 0.1) is 5.92 Å². The van der Waals surface area contributed by atoms with Gasteiger partial charge in [0.25, 0.3) is 0 Å². The normalized spacial score (nSPS) is 12.7.